The standard InChI is InChI=1S/C26H24N2O6/c1-32-18-10-7-15(8-11-18)22-19-13-17(27)9-12-20(19)28(25(29)23(22)26(30)31)14-16-5-4-6-21(33-2)24(16)34-3/h4-13H,14,27H2,1-3H3,(H,30,31). The number of nitrogen functional groups attached to an aromatic ring is 1. The number of methoxy groups -OCH3 is 3. The van der Waals surface area contributed by atoms with Crippen LogP contribution in [-0.4, -0.2) is 37.0 Å². The van der Waals surface area contributed by atoms with Crippen molar-refractivity contribution in [1.29, 1.82) is 0 Å². The maximum Gasteiger partial charge on any atom is 0.342 e. The van der Waals surface area contributed by atoms with Gasteiger partial charge in [0.15, 0.2) is 11.5 Å². The van der Waals surface area contributed by atoms with Crippen LogP contribution in [0.2, 0.25) is 0 Å². The third-order valence-corrected chi connectivity index (χ3v) is 5.70. The Labute approximate surface area is 195 Å². The van der Waals surface area contributed by atoms with E-state index in [4.69, 9.17) is 19.9 Å². The Hall–Kier alpha value is -4.46. The van der Waals surface area contributed by atoms with Crippen molar-refractivity contribution in [3.05, 3.63) is 82.1 Å². The molecule has 0 aliphatic rings. The number of hydrogen-bond acceptors (Lipinski definition) is 6. The van der Waals surface area contributed by atoms with Gasteiger partial charge in [-0.05, 0) is 42.0 Å². The van der Waals surface area contributed by atoms with Crippen molar-refractivity contribution in [2.24, 2.45) is 0 Å². The zero-order valence-corrected chi connectivity index (χ0v) is 19.0. The molecule has 0 amide bonds. The van der Waals surface area contributed by atoms with Gasteiger partial charge < -0.3 is 29.6 Å². The fourth-order valence-corrected chi connectivity index (χ4v) is 4.14. The summed E-state index contributed by atoms with van der Waals surface area (Å²) in [6.07, 6.45) is 0. The lowest BCUT2D eigenvalue weighted by molar-refractivity contribution is 0.0695. The van der Waals surface area contributed by atoms with Gasteiger partial charge in [0.05, 0.1) is 33.4 Å². The monoisotopic (exact) mass is 460 g/mol. The van der Waals surface area contributed by atoms with Crippen molar-refractivity contribution in [1.82, 2.24) is 4.57 Å². The Balaban J connectivity index is 2.05. The molecule has 0 fully saturated rings. The molecule has 0 spiro atoms. The molecule has 34 heavy (non-hydrogen) atoms. The van der Waals surface area contributed by atoms with E-state index in [0.29, 0.717) is 50.5 Å². The molecule has 0 atom stereocenters. The molecule has 174 valence electrons. The van der Waals surface area contributed by atoms with Gasteiger partial charge in [-0.25, -0.2) is 4.79 Å². The second-order valence-electron chi connectivity index (χ2n) is 7.60. The number of hydrogen-bond donors (Lipinski definition) is 2. The van der Waals surface area contributed by atoms with E-state index in [2.05, 4.69) is 0 Å². The number of carboxylic acid groups (broad SMARTS) is 1. The normalized spacial score (nSPS) is 10.8. The van der Waals surface area contributed by atoms with Crippen molar-refractivity contribution >= 4 is 22.6 Å². The predicted molar refractivity (Wildman–Crippen MR) is 130 cm³/mol. The van der Waals surface area contributed by atoms with E-state index >= 15 is 0 Å². The zero-order chi connectivity index (χ0) is 24.4. The molecule has 8 heteroatoms. The summed E-state index contributed by atoms with van der Waals surface area (Å²) in [6, 6.07) is 17.3. The maximum atomic E-state index is 13.6. The molecule has 4 rings (SSSR count). The molecule has 0 saturated carbocycles. The summed E-state index contributed by atoms with van der Waals surface area (Å²) in [6.45, 7) is 0.0722. The minimum absolute atomic E-state index is 0.0722. The van der Waals surface area contributed by atoms with Crippen LogP contribution in [0, 0.1) is 0 Å². The van der Waals surface area contributed by atoms with Crippen LogP contribution in [0.1, 0.15) is 15.9 Å². The topological polar surface area (TPSA) is 113 Å². The van der Waals surface area contributed by atoms with Crippen LogP contribution in [-0.2, 0) is 6.54 Å². The molecule has 0 bridgehead atoms. The third-order valence-electron chi connectivity index (χ3n) is 5.70. The highest BCUT2D eigenvalue weighted by Gasteiger charge is 2.24. The first-order valence-corrected chi connectivity index (χ1v) is 10.4. The number of rotatable bonds is 7. The minimum Gasteiger partial charge on any atom is -0.497 e. The lowest BCUT2D eigenvalue weighted by atomic mass is 9.95. The Morgan fingerprint density at radius 3 is 2.32 bits per heavy atom. The van der Waals surface area contributed by atoms with Crippen LogP contribution in [0.4, 0.5) is 5.69 Å². The molecule has 0 aliphatic heterocycles. The van der Waals surface area contributed by atoms with Gasteiger partial charge in [-0.3, -0.25) is 4.79 Å². The average molecular weight is 460 g/mol. The van der Waals surface area contributed by atoms with E-state index in [9.17, 15) is 14.7 Å². The van der Waals surface area contributed by atoms with Crippen molar-refractivity contribution in [3.63, 3.8) is 0 Å². The largest absolute Gasteiger partial charge is 0.497 e. The fourth-order valence-electron chi connectivity index (χ4n) is 4.14. The van der Waals surface area contributed by atoms with Crippen LogP contribution in [0.5, 0.6) is 17.2 Å². The summed E-state index contributed by atoms with van der Waals surface area (Å²) < 4.78 is 17.5. The van der Waals surface area contributed by atoms with Gasteiger partial charge in [-0.1, -0.05) is 24.3 Å². The van der Waals surface area contributed by atoms with Gasteiger partial charge in [0, 0.05) is 22.2 Å². The molecule has 0 radical (unpaired) electrons. The van der Waals surface area contributed by atoms with Crippen LogP contribution < -0.4 is 25.5 Å². The zero-order valence-electron chi connectivity index (χ0n) is 19.0. The summed E-state index contributed by atoms with van der Waals surface area (Å²) in [5, 5.41) is 10.6. The smallest absolute Gasteiger partial charge is 0.342 e. The number of anilines is 1. The molecule has 0 aliphatic carbocycles. The molecule has 1 aromatic heterocycles. The van der Waals surface area contributed by atoms with E-state index in [0.717, 1.165) is 0 Å². The van der Waals surface area contributed by atoms with Gasteiger partial charge in [-0.2, -0.15) is 0 Å². The fraction of sp³-hybridized carbons (Fsp3) is 0.154. The molecule has 0 saturated heterocycles. The van der Waals surface area contributed by atoms with Crippen molar-refractivity contribution < 1.29 is 24.1 Å². The number of ether oxygens (including phenoxy) is 3. The molecule has 1 heterocycles. The molecule has 4 aromatic rings. The Bertz CT molecular complexity index is 1440. The minimum atomic E-state index is -1.33. The van der Waals surface area contributed by atoms with Gasteiger partial charge in [0.1, 0.15) is 11.3 Å². The van der Waals surface area contributed by atoms with Gasteiger partial charge in [-0.15, -0.1) is 0 Å². The molecule has 3 N–H and O–H groups in total. The molecule has 8 nitrogen and oxygen atoms in total. The number of aromatic carboxylic acids is 1. The first-order valence-electron chi connectivity index (χ1n) is 10.4. The average Bonchev–Trinajstić information content (AvgIpc) is 2.84. The van der Waals surface area contributed by atoms with Gasteiger partial charge in [0.2, 0.25) is 0 Å². The van der Waals surface area contributed by atoms with Crippen LogP contribution >= 0.6 is 0 Å². The number of para-hydroxylation sites is 1. The van der Waals surface area contributed by atoms with Crippen LogP contribution in [0.25, 0.3) is 22.0 Å². The molecular weight excluding hydrogens is 436 g/mol. The second-order valence-corrected chi connectivity index (χ2v) is 7.60. The highest BCUT2D eigenvalue weighted by molar-refractivity contribution is 6.07. The number of carbonyl (C=O) groups is 1. The SMILES string of the molecule is COc1ccc(-c2c(C(=O)O)c(=O)n(Cc3cccc(OC)c3OC)c3ccc(N)cc23)cc1. The van der Waals surface area contributed by atoms with Gasteiger partial charge in [0.25, 0.3) is 5.56 Å². The third kappa shape index (κ3) is 3.90. The van der Waals surface area contributed by atoms with E-state index < -0.39 is 11.5 Å². The summed E-state index contributed by atoms with van der Waals surface area (Å²) in [7, 11) is 4.58. The first-order chi connectivity index (χ1) is 16.4. The summed E-state index contributed by atoms with van der Waals surface area (Å²) in [5.74, 6) is 0.265. The predicted octanol–water partition coefficient (Wildman–Crippen LogP) is 4.02. The van der Waals surface area contributed by atoms with E-state index in [1.54, 1.807) is 67.8 Å². The lowest BCUT2D eigenvalue weighted by Crippen LogP contribution is -2.28. The Morgan fingerprint density at radius 2 is 1.71 bits per heavy atom. The number of nitrogens with two attached hydrogens (primary N) is 1. The highest BCUT2D eigenvalue weighted by atomic mass is 16.5. The van der Waals surface area contributed by atoms with Crippen molar-refractivity contribution in [2.45, 2.75) is 6.54 Å². The molecular formula is C26H24N2O6. The summed E-state index contributed by atoms with van der Waals surface area (Å²) in [4.78, 5) is 26.0. The first kappa shape index (κ1) is 22.7. The van der Waals surface area contributed by atoms with Crippen molar-refractivity contribution in [2.75, 3.05) is 27.1 Å². The lowest BCUT2D eigenvalue weighted by Gasteiger charge is -2.19. The second kappa shape index (κ2) is 9.19. The Kier molecular flexibility index (Phi) is 6.14. The van der Waals surface area contributed by atoms with E-state index in [1.165, 1.54) is 18.8 Å². The van der Waals surface area contributed by atoms with E-state index in [-0.39, 0.29) is 12.1 Å². The molecule has 0 unspecified atom stereocenters. The quantitative estimate of drug-likeness (QED) is 0.401. The van der Waals surface area contributed by atoms with Crippen molar-refractivity contribution in [3.8, 4) is 28.4 Å². The van der Waals surface area contributed by atoms with Crippen LogP contribution in [0.3, 0.4) is 0 Å². The maximum absolute atomic E-state index is 13.6. The number of aromatic nitrogens is 1. The summed E-state index contributed by atoms with van der Waals surface area (Å²) >= 11 is 0. The Morgan fingerprint density at radius 1 is 0.971 bits per heavy atom. The number of fused-ring (bicyclic) bond motifs is 1. The summed E-state index contributed by atoms with van der Waals surface area (Å²) in [5.41, 5.74) is 7.61. The van der Waals surface area contributed by atoms with Crippen LogP contribution in [0.15, 0.2) is 65.5 Å². The number of nitrogens with zero attached hydrogens (tertiary/aromatic N) is 1. The molecule has 3 aromatic carbocycles. The van der Waals surface area contributed by atoms with Gasteiger partial charge >= 0.3 is 5.97 Å². The van der Waals surface area contributed by atoms with E-state index in [1.807, 2.05) is 0 Å². The number of pyridine rings is 1. The highest BCUT2D eigenvalue weighted by Crippen LogP contribution is 2.35. The number of benzene rings is 3. The number of carboxylic acids is 1.